The number of rotatable bonds is 14. The largest absolute Gasteiger partial charge is 0.475 e. The molecule has 4 fully saturated rings. The molecule has 6 rings (SSSR count). The molecule has 2 aromatic heterocycles. The Bertz CT molecular complexity index is 1310. The Morgan fingerprint density at radius 1 is 0.833 bits per heavy atom. The average Bonchev–Trinajstić information content (AvgIpc) is 3.45. The second-order valence-electron chi connectivity index (χ2n) is 17.1. The molecule has 0 bridgehead atoms. The molecule has 7 heteroatoms. The van der Waals surface area contributed by atoms with Crippen LogP contribution in [0.15, 0.2) is 49.1 Å². The Labute approximate surface area is 291 Å². The van der Waals surface area contributed by atoms with Crippen molar-refractivity contribution in [3.8, 4) is 0 Å². The summed E-state index contributed by atoms with van der Waals surface area (Å²) in [6, 6.07) is 7.55. The van der Waals surface area contributed by atoms with Gasteiger partial charge in [0.05, 0.1) is 19.3 Å². The van der Waals surface area contributed by atoms with E-state index in [1.54, 1.807) is 24.8 Å². The van der Waals surface area contributed by atoms with Crippen molar-refractivity contribution in [1.29, 1.82) is 0 Å². The van der Waals surface area contributed by atoms with Gasteiger partial charge in [-0.15, -0.1) is 0 Å². The van der Waals surface area contributed by atoms with Crippen LogP contribution in [-0.4, -0.2) is 16.1 Å². The number of pyridine rings is 2. The lowest BCUT2D eigenvalue weighted by molar-refractivity contribution is -0.129. The van der Waals surface area contributed by atoms with Crippen LogP contribution >= 0.6 is 7.82 Å². The van der Waals surface area contributed by atoms with Crippen molar-refractivity contribution in [3.63, 3.8) is 0 Å². The quantitative estimate of drug-likeness (QED) is 0.185. The highest BCUT2D eigenvalue weighted by atomic mass is 31.2. The van der Waals surface area contributed by atoms with Gasteiger partial charge in [-0.2, -0.15) is 0 Å². The van der Waals surface area contributed by atoms with Crippen molar-refractivity contribution < 1.29 is 18.1 Å². The third-order valence-electron chi connectivity index (χ3n) is 14.3. The van der Waals surface area contributed by atoms with Gasteiger partial charge < -0.3 is 0 Å². The van der Waals surface area contributed by atoms with Gasteiger partial charge in [0, 0.05) is 24.8 Å². The summed E-state index contributed by atoms with van der Waals surface area (Å²) in [7, 11) is -3.83. The first-order valence-corrected chi connectivity index (χ1v) is 20.9. The number of phosphoric acid groups is 1. The maximum absolute atomic E-state index is 14.2. The lowest BCUT2D eigenvalue weighted by Crippen LogP contribution is -2.54. The first kappa shape index (κ1) is 36.2. The third kappa shape index (κ3) is 7.68. The van der Waals surface area contributed by atoms with Crippen molar-refractivity contribution in [2.45, 2.75) is 138 Å². The highest BCUT2D eigenvalue weighted by Crippen LogP contribution is 2.69. The molecule has 2 aromatic rings. The van der Waals surface area contributed by atoms with Crippen molar-refractivity contribution in [3.05, 3.63) is 60.2 Å². The molecule has 4 aliphatic carbocycles. The number of hydrogen-bond donors (Lipinski definition) is 0. The van der Waals surface area contributed by atoms with E-state index < -0.39 is 7.82 Å². The predicted octanol–water partition coefficient (Wildman–Crippen LogP) is 11.5. The molecule has 6 nitrogen and oxygen atoms in total. The summed E-state index contributed by atoms with van der Waals surface area (Å²) in [6.07, 6.45) is 22.1. The number of fused-ring (bicyclic) bond motifs is 5. The molecule has 48 heavy (non-hydrogen) atoms. The van der Waals surface area contributed by atoms with Crippen LogP contribution in [0.2, 0.25) is 0 Å². The summed E-state index contributed by atoms with van der Waals surface area (Å²) < 4.78 is 32.5. The molecule has 10 atom stereocenters. The summed E-state index contributed by atoms with van der Waals surface area (Å²) in [5, 5.41) is 0. The Morgan fingerprint density at radius 3 is 2.08 bits per heavy atom. The van der Waals surface area contributed by atoms with Crippen LogP contribution < -0.4 is 0 Å². The van der Waals surface area contributed by atoms with Gasteiger partial charge >= 0.3 is 7.82 Å². The summed E-state index contributed by atoms with van der Waals surface area (Å²) in [5.74, 6) is 6.51. The summed E-state index contributed by atoms with van der Waals surface area (Å²) >= 11 is 0. The van der Waals surface area contributed by atoms with E-state index in [0.29, 0.717) is 16.7 Å². The fraction of sp³-hybridized carbons (Fsp3) is 0.756. The minimum atomic E-state index is -3.83. The van der Waals surface area contributed by atoms with E-state index in [-0.39, 0.29) is 19.3 Å². The lowest BCUT2D eigenvalue weighted by atomic mass is 9.44. The zero-order valence-electron chi connectivity index (χ0n) is 30.7. The molecule has 0 saturated heterocycles. The molecule has 2 heterocycles. The molecular formula is C41H63N2O4P. The number of phosphoric ester groups is 1. The number of aromatic nitrogens is 2. The highest BCUT2D eigenvalue weighted by Gasteiger charge is 2.61. The van der Waals surface area contributed by atoms with Gasteiger partial charge in [-0.3, -0.25) is 23.5 Å². The van der Waals surface area contributed by atoms with E-state index in [9.17, 15) is 4.57 Å². The number of hydrogen-bond acceptors (Lipinski definition) is 6. The minimum Gasteiger partial charge on any atom is -0.284 e. The van der Waals surface area contributed by atoms with Gasteiger partial charge in [-0.25, -0.2) is 4.57 Å². The molecule has 4 saturated carbocycles. The zero-order chi connectivity index (χ0) is 33.9. The molecule has 0 aliphatic heterocycles. The van der Waals surface area contributed by atoms with Crippen molar-refractivity contribution >= 4 is 7.82 Å². The van der Waals surface area contributed by atoms with Gasteiger partial charge in [-0.05, 0) is 146 Å². The van der Waals surface area contributed by atoms with E-state index in [0.717, 1.165) is 71.8 Å². The molecular weight excluding hydrogens is 615 g/mol. The molecule has 0 radical (unpaired) electrons. The fourth-order valence-corrected chi connectivity index (χ4v) is 12.9. The average molecular weight is 679 g/mol. The third-order valence-corrected chi connectivity index (χ3v) is 15.8. The van der Waals surface area contributed by atoms with Gasteiger partial charge in [0.1, 0.15) is 0 Å². The molecule has 0 aromatic carbocycles. The molecule has 0 spiro atoms. The normalized spacial score (nSPS) is 34.6. The van der Waals surface area contributed by atoms with Crippen molar-refractivity contribution in [2.75, 3.05) is 0 Å². The monoisotopic (exact) mass is 678 g/mol. The van der Waals surface area contributed by atoms with Crippen molar-refractivity contribution in [1.82, 2.24) is 9.97 Å². The second kappa shape index (κ2) is 15.3. The fourth-order valence-electron chi connectivity index (χ4n) is 11.5. The SMILES string of the molecule is CC[C@@H](CC[C@@H](C)[C@H]1CCC2C3CC[C@H]4C[C@@H](OP(=O)(OCc5cccnc5)OCc5cccnc5)CC[C@]4(C)C3CC[C@@]21C)C(C)C. The highest BCUT2D eigenvalue weighted by molar-refractivity contribution is 7.48. The Balaban J connectivity index is 1.09. The standard InChI is InChI=1S/C41H63N2O4P/c1-7-33(29(2)3)13-12-30(4)37-16-17-38-36-15-14-34-24-35(18-20-40(34,5)39(36)19-21-41(37,38)6)47-48(44,45-27-31-10-8-22-42-25-31)46-28-32-11-9-23-43-26-32/h8-11,22-23,25-26,29-30,33-39H,7,12-21,24,27-28H2,1-6H3/t30-,33+,34+,35+,36?,37-,38?,39?,40+,41-/m1/s1. The van der Waals surface area contributed by atoms with Crippen LogP contribution in [0.25, 0.3) is 0 Å². The Hall–Kier alpha value is -1.59. The zero-order valence-corrected chi connectivity index (χ0v) is 31.6. The van der Waals surface area contributed by atoms with Gasteiger partial charge in [0.2, 0.25) is 0 Å². The predicted molar refractivity (Wildman–Crippen MR) is 193 cm³/mol. The summed E-state index contributed by atoms with van der Waals surface area (Å²) in [4.78, 5) is 8.36. The lowest BCUT2D eigenvalue weighted by Gasteiger charge is -2.61. The summed E-state index contributed by atoms with van der Waals surface area (Å²) in [6.45, 7) is 15.4. The van der Waals surface area contributed by atoms with E-state index in [4.69, 9.17) is 13.6 Å². The molecule has 4 aliphatic rings. The van der Waals surface area contributed by atoms with Gasteiger partial charge in [-0.1, -0.05) is 66.5 Å². The van der Waals surface area contributed by atoms with E-state index in [2.05, 4.69) is 51.5 Å². The number of nitrogens with zero attached hydrogens (tertiary/aromatic N) is 2. The Kier molecular flexibility index (Phi) is 11.6. The first-order valence-electron chi connectivity index (χ1n) is 19.4. The Morgan fingerprint density at radius 2 is 1.48 bits per heavy atom. The van der Waals surface area contributed by atoms with Gasteiger partial charge in [0.15, 0.2) is 0 Å². The maximum atomic E-state index is 14.2. The molecule has 266 valence electrons. The minimum absolute atomic E-state index is 0.128. The first-order chi connectivity index (χ1) is 23.0. The molecule has 0 N–H and O–H groups in total. The topological polar surface area (TPSA) is 70.5 Å². The van der Waals surface area contributed by atoms with E-state index in [1.165, 1.54) is 57.8 Å². The second-order valence-corrected chi connectivity index (χ2v) is 18.7. The maximum Gasteiger partial charge on any atom is 0.475 e. The van der Waals surface area contributed by atoms with Crippen LogP contribution in [0, 0.1) is 58.2 Å². The molecule has 0 amide bonds. The van der Waals surface area contributed by atoms with Crippen molar-refractivity contribution in [2.24, 2.45) is 58.2 Å². The molecule has 3 unspecified atom stereocenters. The van der Waals surface area contributed by atoms with Crippen LogP contribution in [0.1, 0.15) is 130 Å². The van der Waals surface area contributed by atoms with Crippen LogP contribution in [-0.2, 0) is 31.4 Å². The van der Waals surface area contributed by atoms with Crippen LogP contribution in [0.3, 0.4) is 0 Å². The van der Waals surface area contributed by atoms with Crippen LogP contribution in [0.4, 0.5) is 0 Å². The van der Waals surface area contributed by atoms with E-state index >= 15 is 0 Å². The smallest absolute Gasteiger partial charge is 0.284 e. The van der Waals surface area contributed by atoms with Crippen LogP contribution in [0.5, 0.6) is 0 Å². The van der Waals surface area contributed by atoms with E-state index in [1.807, 2.05) is 24.3 Å². The summed E-state index contributed by atoms with van der Waals surface area (Å²) in [5.41, 5.74) is 2.52. The van der Waals surface area contributed by atoms with Gasteiger partial charge in [0.25, 0.3) is 0 Å².